The van der Waals surface area contributed by atoms with Crippen LogP contribution in [0.3, 0.4) is 0 Å². The average molecular weight is 338 g/mol. The monoisotopic (exact) mass is 337 g/mol. The Hall–Kier alpha value is -1.30. The van der Waals surface area contributed by atoms with Crippen molar-refractivity contribution in [2.24, 2.45) is 5.84 Å². The van der Waals surface area contributed by atoms with Gasteiger partial charge in [0.2, 0.25) is 0 Å². The van der Waals surface area contributed by atoms with Gasteiger partial charge in [-0.1, -0.05) is 22.0 Å². The van der Waals surface area contributed by atoms with Crippen LogP contribution in [-0.4, -0.2) is 11.0 Å². The van der Waals surface area contributed by atoms with Crippen molar-refractivity contribution >= 4 is 15.9 Å². The number of hydrazine groups is 1. The number of nitrogens with one attached hydrogen (secondary N) is 1. The maximum Gasteiger partial charge on any atom is 0.127 e. The molecule has 3 nitrogen and oxygen atoms in total. The number of nitrogens with two attached hydrogens (primary N) is 1. The van der Waals surface area contributed by atoms with Gasteiger partial charge in [-0.15, -0.1) is 0 Å². The molecule has 2 rings (SSSR count). The van der Waals surface area contributed by atoms with Crippen LogP contribution in [0.2, 0.25) is 0 Å². The molecule has 1 aromatic carbocycles. The average Bonchev–Trinajstić information content (AvgIpc) is 2.46. The number of hydrogen-bond donors (Lipinski definition) is 2. The zero-order valence-electron chi connectivity index (χ0n) is 11.0. The molecular weight excluding hydrogens is 321 g/mol. The van der Waals surface area contributed by atoms with Crippen molar-refractivity contribution in [1.29, 1.82) is 0 Å². The number of rotatable bonds is 6. The summed E-state index contributed by atoms with van der Waals surface area (Å²) in [5, 5.41) is 0. The fraction of sp³-hybridized carbons (Fsp3) is 0.267. The molecule has 1 heterocycles. The van der Waals surface area contributed by atoms with Gasteiger partial charge in [0, 0.05) is 22.9 Å². The number of aromatic nitrogens is 1. The van der Waals surface area contributed by atoms with E-state index in [1.807, 2.05) is 18.2 Å². The quantitative estimate of drug-likeness (QED) is 0.629. The van der Waals surface area contributed by atoms with Gasteiger partial charge >= 0.3 is 0 Å². The Kier molecular flexibility index (Phi) is 5.64. The van der Waals surface area contributed by atoms with Crippen LogP contribution >= 0.6 is 15.9 Å². The molecule has 1 atom stereocenters. The molecule has 1 aromatic heterocycles. The van der Waals surface area contributed by atoms with Crippen LogP contribution in [-0.2, 0) is 12.8 Å². The summed E-state index contributed by atoms with van der Waals surface area (Å²) in [5.41, 5.74) is 4.65. The Morgan fingerprint density at radius 1 is 1.25 bits per heavy atom. The van der Waals surface area contributed by atoms with E-state index in [-0.39, 0.29) is 11.9 Å². The topological polar surface area (TPSA) is 50.9 Å². The first kappa shape index (κ1) is 15.1. The molecule has 1 unspecified atom stereocenters. The van der Waals surface area contributed by atoms with E-state index in [0.717, 1.165) is 17.3 Å². The Morgan fingerprint density at radius 2 is 2.00 bits per heavy atom. The molecule has 0 spiro atoms. The summed E-state index contributed by atoms with van der Waals surface area (Å²) in [7, 11) is 0. The zero-order chi connectivity index (χ0) is 14.4. The molecule has 3 N–H and O–H groups in total. The van der Waals surface area contributed by atoms with Gasteiger partial charge in [-0.2, -0.15) is 0 Å². The lowest BCUT2D eigenvalue weighted by atomic mass is 9.99. The van der Waals surface area contributed by atoms with Crippen molar-refractivity contribution < 1.29 is 4.39 Å². The van der Waals surface area contributed by atoms with E-state index in [2.05, 4.69) is 26.3 Å². The second-order valence-electron chi connectivity index (χ2n) is 4.70. The lowest BCUT2D eigenvalue weighted by Crippen LogP contribution is -2.37. The maximum atomic E-state index is 13.8. The molecule has 0 aliphatic heterocycles. The third kappa shape index (κ3) is 4.37. The minimum Gasteiger partial charge on any atom is -0.271 e. The fourth-order valence-corrected chi connectivity index (χ4v) is 2.42. The lowest BCUT2D eigenvalue weighted by molar-refractivity contribution is 0.480. The summed E-state index contributed by atoms with van der Waals surface area (Å²) in [6, 6.07) is 9.11. The predicted molar refractivity (Wildman–Crippen MR) is 81.5 cm³/mol. The fourth-order valence-electron chi connectivity index (χ4n) is 2.09. The molecule has 0 fully saturated rings. The van der Waals surface area contributed by atoms with E-state index >= 15 is 0 Å². The summed E-state index contributed by atoms with van der Waals surface area (Å²) in [4.78, 5) is 3.99. The van der Waals surface area contributed by atoms with Gasteiger partial charge in [0.25, 0.3) is 0 Å². The molecule has 0 radical (unpaired) electrons. The Morgan fingerprint density at radius 3 is 2.65 bits per heavy atom. The number of benzene rings is 1. The van der Waals surface area contributed by atoms with Crippen LogP contribution < -0.4 is 11.3 Å². The van der Waals surface area contributed by atoms with Gasteiger partial charge in [-0.3, -0.25) is 16.3 Å². The van der Waals surface area contributed by atoms with Gasteiger partial charge in [0.05, 0.1) is 0 Å². The number of halogens is 2. The highest BCUT2D eigenvalue weighted by Gasteiger charge is 2.11. The van der Waals surface area contributed by atoms with Crippen molar-refractivity contribution in [2.45, 2.75) is 25.3 Å². The second-order valence-corrected chi connectivity index (χ2v) is 5.61. The molecule has 5 heteroatoms. The predicted octanol–water partition coefficient (Wildman–Crippen LogP) is 2.99. The highest BCUT2D eigenvalue weighted by Crippen LogP contribution is 2.17. The van der Waals surface area contributed by atoms with Gasteiger partial charge < -0.3 is 0 Å². The number of hydrogen-bond acceptors (Lipinski definition) is 3. The first-order valence-electron chi connectivity index (χ1n) is 6.48. The van der Waals surface area contributed by atoms with E-state index in [1.165, 1.54) is 11.6 Å². The molecular formula is C15H17BrFN3. The SMILES string of the molecule is NNC(CCc1ccncc1)Cc1ccc(Br)cc1F. The van der Waals surface area contributed by atoms with E-state index < -0.39 is 0 Å². The largest absolute Gasteiger partial charge is 0.271 e. The number of aryl methyl sites for hydroxylation is 1. The van der Waals surface area contributed by atoms with E-state index in [4.69, 9.17) is 5.84 Å². The molecule has 106 valence electrons. The smallest absolute Gasteiger partial charge is 0.127 e. The first-order chi connectivity index (χ1) is 9.69. The standard InChI is InChI=1S/C15H17BrFN3/c16-13-3-2-12(15(17)10-13)9-14(20-18)4-1-11-5-7-19-8-6-11/h2-3,5-8,10,14,20H,1,4,9,18H2. The minimum absolute atomic E-state index is 0.0406. The van der Waals surface area contributed by atoms with Gasteiger partial charge in [-0.05, 0) is 54.7 Å². The van der Waals surface area contributed by atoms with Crippen molar-refractivity contribution in [2.75, 3.05) is 0 Å². The summed E-state index contributed by atoms with van der Waals surface area (Å²) in [6.45, 7) is 0. The van der Waals surface area contributed by atoms with Crippen LogP contribution in [0.15, 0.2) is 47.2 Å². The van der Waals surface area contributed by atoms with Gasteiger partial charge in [0.1, 0.15) is 5.82 Å². The lowest BCUT2D eigenvalue weighted by Gasteiger charge is -2.16. The minimum atomic E-state index is -0.205. The summed E-state index contributed by atoms with van der Waals surface area (Å²) < 4.78 is 14.5. The highest BCUT2D eigenvalue weighted by atomic mass is 79.9. The van der Waals surface area contributed by atoms with E-state index in [1.54, 1.807) is 18.5 Å². The van der Waals surface area contributed by atoms with Crippen molar-refractivity contribution in [3.63, 3.8) is 0 Å². The van der Waals surface area contributed by atoms with Crippen molar-refractivity contribution in [3.8, 4) is 0 Å². The van der Waals surface area contributed by atoms with Crippen LogP contribution in [0, 0.1) is 5.82 Å². The number of pyridine rings is 1. The molecule has 20 heavy (non-hydrogen) atoms. The Labute approximate surface area is 126 Å². The maximum absolute atomic E-state index is 13.8. The molecule has 0 aliphatic rings. The highest BCUT2D eigenvalue weighted by molar-refractivity contribution is 9.10. The molecule has 0 saturated heterocycles. The summed E-state index contributed by atoms with van der Waals surface area (Å²) in [6.07, 6.45) is 5.84. The molecule has 0 amide bonds. The third-order valence-corrected chi connectivity index (χ3v) is 3.74. The summed E-state index contributed by atoms with van der Waals surface area (Å²) in [5.74, 6) is 5.37. The van der Waals surface area contributed by atoms with Crippen molar-refractivity contribution in [1.82, 2.24) is 10.4 Å². The molecule has 2 aromatic rings. The normalized spacial score (nSPS) is 12.3. The van der Waals surface area contributed by atoms with Crippen LogP contribution in [0.4, 0.5) is 4.39 Å². The molecule has 0 aliphatic carbocycles. The third-order valence-electron chi connectivity index (χ3n) is 3.25. The van der Waals surface area contributed by atoms with Crippen molar-refractivity contribution in [3.05, 3.63) is 64.1 Å². The Balaban J connectivity index is 1.95. The zero-order valence-corrected chi connectivity index (χ0v) is 12.6. The van der Waals surface area contributed by atoms with Crippen LogP contribution in [0.5, 0.6) is 0 Å². The molecule has 0 bridgehead atoms. The van der Waals surface area contributed by atoms with Gasteiger partial charge in [0.15, 0.2) is 0 Å². The Bertz CT molecular complexity index is 548. The van der Waals surface area contributed by atoms with E-state index in [0.29, 0.717) is 12.0 Å². The van der Waals surface area contributed by atoms with Crippen LogP contribution in [0.25, 0.3) is 0 Å². The first-order valence-corrected chi connectivity index (χ1v) is 7.27. The number of nitrogens with zero attached hydrogens (tertiary/aromatic N) is 1. The van der Waals surface area contributed by atoms with Gasteiger partial charge in [-0.25, -0.2) is 4.39 Å². The second kappa shape index (κ2) is 7.47. The molecule has 0 saturated carbocycles. The van der Waals surface area contributed by atoms with E-state index in [9.17, 15) is 4.39 Å². The summed E-state index contributed by atoms with van der Waals surface area (Å²) >= 11 is 3.25. The van der Waals surface area contributed by atoms with Crippen LogP contribution in [0.1, 0.15) is 17.5 Å².